The summed E-state index contributed by atoms with van der Waals surface area (Å²) in [7, 11) is 0. The minimum atomic E-state index is -0.161. The second-order valence-electron chi connectivity index (χ2n) is 16.3. The quantitative estimate of drug-likeness (QED) is 0.167. The molecule has 5 nitrogen and oxygen atoms in total. The molecule has 0 atom stereocenters. The molecule has 292 valence electrons. The van der Waals surface area contributed by atoms with Gasteiger partial charge in [0.25, 0.3) is 0 Å². The maximum Gasteiger partial charge on any atom is 0.243 e. The predicted molar refractivity (Wildman–Crippen MR) is 261 cm³/mol. The van der Waals surface area contributed by atoms with E-state index in [4.69, 9.17) is 15.0 Å². The van der Waals surface area contributed by atoms with Crippen LogP contribution in [0.15, 0.2) is 218 Å². The molecule has 13 rings (SSSR count). The summed E-state index contributed by atoms with van der Waals surface area (Å²) in [6.07, 6.45) is 0. The first-order valence-electron chi connectivity index (χ1n) is 21.5. The van der Waals surface area contributed by atoms with E-state index in [2.05, 4.69) is 228 Å². The zero-order chi connectivity index (χ0) is 41.4. The van der Waals surface area contributed by atoms with Crippen molar-refractivity contribution in [2.45, 2.75) is 0 Å². The van der Waals surface area contributed by atoms with Gasteiger partial charge in [0.2, 0.25) is 18.6 Å². The largest absolute Gasteiger partial charge is 0.278 e. The van der Waals surface area contributed by atoms with Crippen molar-refractivity contribution < 1.29 is 0 Å². The van der Waals surface area contributed by atoms with Gasteiger partial charge in [-0.05, 0) is 46.0 Å². The maximum atomic E-state index is 5.54. The van der Waals surface area contributed by atoms with Gasteiger partial charge < -0.3 is 0 Å². The van der Waals surface area contributed by atoms with Gasteiger partial charge in [-0.1, -0.05) is 217 Å². The third-order valence-electron chi connectivity index (χ3n) is 12.9. The van der Waals surface area contributed by atoms with Gasteiger partial charge >= 0.3 is 0 Å². The van der Waals surface area contributed by atoms with Gasteiger partial charge in [-0.2, -0.15) is 15.0 Å². The van der Waals surface area contributed by atoms with Gasteiger partial charge in [-0.15, -0.1) is 0 Å². The van der Waals surface area contributed by atoms with Gasteiger partial charge in [0, 0.05) is 32.7 Å². The van der Waals surface area contributed by atoms with Crippen LogP contribution in [0.4, 0.5) is 0 Å². The number of rotatable bonds is 3. The van der Waals surface area contributed by atoms with Crippen molar-refractivity contribution in [3.05, 3.63) is 218 Å². The Kier molecular flexibility index (Phi) is 7.94. The van der Waals surface area contributed by atoms with Crippen molar-refractivity contribution in [2.75, 3.05) is 0 Å². The molecule has 3 aromatic heterocycles. The summed E-state index contributed by atoms with van der Waals surface area (Å²) in [6.45, 7) is -0.161. The minimum absolute atomic E-state index is 0.161. The number of benzene rings is 9. The van der Waals surface area contributed by atoms with E-state index >= 15 is 0 Å². The lowest BCUT2D eigenvalue weighted by atomic mass is 9.34. The second-order valence-corrected chi connectivity index (χ2v) is 16.3. The number of hydrogen-bond acceptors (Lipinski definition) is 3. The highest BCUT2D eigenvalue weighted by molar-refractivity contribution is 6.98. The van der Waals surface area contributed by atoms with Crippen molar-refractivity contribution >= 4 is 66.7 Å². The lowest BCUT2D eigenvalue weighted by molar-refractivity contribution is 0.893. The van der Waals surface area contributed by atoms with E-state index in [-0.39, 0.29) is 6.71 Å². The van der Waals surface area contributed by atoms with Gasteiger partial charge in [-0.3, -0.25) is 9.13 Å². The fourth-order valence-electron chi connectivity index (χ4n) is 10.3. The van der Waals surface area contributed by atoms with Crippen LogP contribution in [0.2, 0.25) is 0 Å². The van der Waals surface area contributed by atoms with Crippen molar-refractivity contribution in [3.8, 4) is 56.7 Å². The summed E-state index contributed by atoms with van der Waals surface area (Å²) in [5.74, 6) is 1.72. The molecule has 0 spiro atoms. The van der Waals surface area contributed by atoms with Crippen molar-refractivity contribution in [2.24, 2.45) is 0 Å². The van der Waals surface area contributed by atoms with Gasteiger partial charge in [-0.25, -0.2) is 0 Å². The number of aromatic nitrogens is 5. The SMILES string of the molecule is c1ccc(-c2ccccc2B2c3ccccc3-c3ccccc3-c3nc(-n4c5ccccc5c5ccccc54)nc(n3)-n3c4ccccc4c4cccc(c43)-c3ccccc32)cc1. The molecule has 6 heteroatoms. The van der Waals surface area contributed by atoms with Crippen LogP contribution in [0.25, 0.3) is 100 Å². The first-order chi connectivity index (χ1) is 31.3. The third kappa shape index (κ3) is 5.41. The Morgan fingerprint density at radius 3 is 1.33 bits per heavy atom. The van der Waals surface area contributed by atoms with E-state index < -0.39 is 0 Å². The molecular weight excluding hydrogens is 765 g/mol. The van der Waals surface area contributed by atoms with Crippen LogP contribution in [0.1, 0.15) is 0 Å². The summed E-state index contributed by atoms with van der Waals surface area (Å²) < 4.78 is 4.48. The molecule has 2 bridgehead atoms. The Balaban J connectivity index is 1.22. The van der Waals surface area contributed by atoms with Gasteiger partial charge in [0.1, 0.15) is 0 Å². The molecule has 0 saturated carbocycles. The molecule has 63 heavy (non-hydrogen) atoms. The van der Waals surface area contributed by atoms with Gasteiger partial charge in [0.05, 0.1) is 22.1 Å². The molecule has 0 fully saturated rings. The van der Waals surface area contributed by atoms with Crippen LogP contribution in [-0.2, 0) is 0 Å². The van der Waals surface area contributed by atoms with E-state index in [1.165, 1.54) is 27.5 Å². The molecular formula is C57H36BN5. The Bertz CT molecular complexity index is 3720. The molecule has 1 aliphatic heterocycles. The van der Waals surface area contributed by atoms with Crippen molar-refractivity contribution in [3.63, 3.8) is 0 Å². The number of fused-ring (bicyclic) bond motifs is 15. The van der Waals surface area contributed by atoms with Crippen LogP contribution in [0, 0.1) is 0 Å². The highest BCUT2D eigenvalue weighted by Gasteiger charge is 2.32. The van der Waals surface area contributed by atoms with E-state index in [9.17, 15) is 0 Å². The van der Waals surface area contributed by atoms with Crippen LogP contribution in [-0.4, -0.2) is 30.8 Å². The van der Waals surface area contributed by atoms with Crippen LogP contribution in [0.3, 0.4) is 0 Å². The monoisotopic (exact) mass is 801 g/mol. The average molecular weight is 802 g/mol. The zero-order valence-electron chi connectivity index (χ0n) is 34.1. The Labute approximate surface area is 364 Å². The molecule has 0 unspecified atom stereocenters. The summed E-state index contributed by atoms with van der Waals surface area (Å²) in [5, 5.41) is 4.56. The first-order valence-corrected chi connectivity index (χ1v) is 21.5. The zero-order valence-corrected chi connectivity index (χ0v) is 34.1. The van der Waals surface area contributed by atoms with Gasteiger partial charge in [0.15, 0.2) is 5.82 Å². The summed E-state index contributed by atoms with van der Waals surface area (Å²) in [5.41, 5.74) is 15.5. The van der Waals surface area contributed by atoms with Crippen LogP contribution >= 0.6 is 0 Å². The fourth-order valence-corrected chi connectivity index (χ4v) is 10.3. The van der Waals surface area contributed by atoms with Crippen LogP contribution < -0.4 is 16.4 Å². The molecule has 9 aromatic carbocycles. The lowest BCUT2D eigenvalue weighted by Crippen LogP contribution is -2.54. The molecule has 0 aliphatic carbocycles. The summed E-state index contributed by atoms with van der Waals surface area (Å²) >= 11 is 0. The topological polar surface area (TPSA) is 48.5 Å². The summed E-state index contributed by atoms with van der Waals surface area (Å²) in [4.78, 5) is 16.6. The predicted octanol–water partition coefficient (Wildman–Crippen LogP) is 11.6. The van der Waals surface area contributed by atoms with E-state index in [0.717, 1.165) is 71.4 Å². The number of hydrogen-bond donors (Lipinski definition) is 0. The first kappa shape index (κ1) is 35.4. The second kappa shape index (κ2) is 14.1. The molecule has 1 aliphatic rings. The van der Waals surface area contributed by atoms with Crippen molar-refractivity contribution in [1.29, 1.82) is 0 Å². The highest BCUT2D eigenvalue weighted by Crippen LogP contribution is 2.40. The standard InChI is InChI=1S/C57H36BN5/c1-2-19-37(20-3-1)38-21-6-12-31-48(38)58-49-32-13-7-23-40(49)39-22-4-5-28-47(39)55-59-56(62-51-34-15-9-25-42(51)43-26-10-16-35-52(43)62)61-57(60-55)63-53-36-17-11-27-44(53)46-30-18-29-45(54(46)63)41-24-8-14-33-50(41)58/h1-36H. The van der Waals surface area contributed by atoms with E-state index in [1.54, 1.807) is 0 Å². The minimum Gasteiger partial charge on any atom is -0.278 e. The molecule has 0 N–H and O–H groups in total. The Morgan fingerprint density at radius 1 is 0.286 bits per heavy atom. The average Bonchev–Trinajstić information content (AvgIpc) is 3.88. The molecule has 0 amide bonds. The molecule has 4 heterocycles. The number of para-hydroxylation sites is 4. The lowest BCUT2D eigenvalue weighted by Gasteiger charge is -2.25. The third-order valence-corrected chi connectivity index (χ3v) is 12.9. The smallest absolute Gasteiger partial charge is 0.243 e. The fraction of sp³-hybridized carbons (Fsp3) is 0. The van der Waals surface area contributed by atoms with Crippen LogP contribution in [0.5, 0.6) is 0 Å². The summed E-state index contributed by atoms with van der Waals surface area (Å²) in [6, 6.07) is 78.6. The maximum absolute atomic E-state index is 5.54. The molecule has 0 radical (unpaired) electrons. The Morgan fingerprint density at radius 2 is 0.698 bits per heavy atom. The van der Waals surface area contributed by atoms with Crippen molar-refractivity contribution in [1.82, 2.24) is 24.1 Å². The molecule has 0 saturated heterocycles. The Hall–Kier alpha value is -8.35. The van der Waals surface area contributed by atoms with E-state index in [1.807, 2.05) is 0 Å². The number of nitrogens with zero attached hydrogens (tertiary/aromatic N) is 5. The van der Waals surface area contributed by atoms with E-state index in [0.29, 0.717) is 17.7 Å². The normalized spacial score (nSPS) is 12.1. The molecule has 12 aromatic rings. The highest BCUT2D eigenvalue weighted by atomic mass is 15.3.